The number of morpholine rings is 1. The van der Waals surface area contributed by atoms with Crippen LogP contribution in [-0.4, -0.2) is 49.8 Å². The number of hydrogen-bond acceptors (Lipinski definition) is 3. The van der Waals surface area contributed by atoms with Crippen molar-refractivity contribution in [2.75, 3.05) is 39.4 Å². The van der Waals surface area contributed by atoms with Crippen LogP contribution in [0.5, 0.6) is 0 Å². The summed E-state index contributed by atoms with van der Waals surface area (Å²) in [5.41, 5.74) is 0.256. The van der Waals surface area contributed by atoms with Crippen LogP contribution >= 0.6 is 0 Å². The molecule has 0 amide bonds. The highest BCUT2D eigenvalue weighted by Gasteiger charge is 2.28. The van der Waals surface area contributed by atoms with Gasteiger partial charge >= 0.3 is 0 Å². The normalized spacial score (nSPS) is 30.5. The summed E-state index contributed by atoms with van der Waals surface area (Å²) in [6, 6.07) is 0. The van der Waals surface area contributed by atoms with Gasteiger partial charge in [-0.15, -0.1) is 0 Å². The molecule has 1 aliphatic carbocycles. The smallest absolute Gasteiger partial charge is 0.0594 e. The van der Waals surface area contributed by atoms with E-state index in [9.17, 15) is 0 Å². The summed E-state index contributed by atoms with van der Waals surface area (Å²) in [4.78, 5) is 2.56. The van der Waals surface area contributed by atoms with Crippen molar-refractivity contribution in [3.8, 4) is 0 Å². The predicted octanol–water partition coefficient (Wildman–Crippen LogP) is 2.51. The van der Waals surface area contributed by atoms with E-state index in [-0.39, 0.29) is 5.54 Å². The van der Waals surface area contributed by atoms with E-state index < -0.39 is 0 Å². The third-order valence-electron chi connectivity index (χ3n) is 4.99. The average molecular weight is 268 g/mol. The fraction of sp³-hybridized carbons (Fsp3) is 1.00. The van der Waals surface area contributed by atoms with Gasteiger partial charge in [0.15, 0.2) is 0 Å². The van der Waals surface area contributed by atoms with Crippen LogP contribution in [0, 0.1) is 11.8 Å². The molecule has 2 rings (SSSR count). The predicted molar refractivity (Wildman–Crippen MR) is 80.5 cm³/mol. The second-order valence-corrected chi connectivity index (χ2v) is 7.17. The van der Waals surface area contributed by atoms with E-state index in [1.807, 2.05) is 0 Å². The van der Waals surface area contributed by atoms with E-state index in [2.05, 4.69) is 31.0 Å². The molecule has 0 bridgehead atoms. The second-order valence-electron chi connectivity index (χ2n) is 7.17. The Hall–Kier alpha value is -0.120. The maximum absolute atomic E-state index is 5.44. The minimum atomic E-state index is 0.256. The quantitative estimate of drug-likeness (QED) is 0.829. The summed E-state index contributed by atoms with van der Waals surface area (Å²) < 4.78 is 5.44. The van der Waals surface area contributed by atoms with E-state index in [0.29, 0.717) is 0 Å². The van der Waals surface area contributed by atoms with E-state index in [1.54, 1.807) is 0 Å². The first-order chi connectivity index (χ1) is 9.08. The Morgan fingerprint density at radius 1 is 1.11 bits per heavy atom. The molecule has 0 unspecified atom stereocenters. The Morgan fingerprint density at radius 3 is 2.37 bits per heavy atom. The van der Waals surface area contributed by atoms with Crippen molar-refractivity contribution in [3.63, 3.8) is 0 Å². The summed E-state index contributed by atoms with van der Waals surface area (Å²) >= 11 is 0. The van der Waals surface area contributed by atoms with Gasteiger partial charge in [-0.2, -0.15) is 0 Å². The van der Waals surface area contributed by atoms with Gasteiger partial charge in [0, 0.05) is 25.2 Å². The lowest BCUT2D eigenvalue weighted by Crippen LogP contribution is -2.55. The van der Waals surface area contributed by atoms with Crippen molar-refractivity contribution in [3.05, 3.63) is 0 Å². The van der Waals surface area contributed by atoms with Crippen molar-refractivity contribution in [1.29, 1.82) is 0 Å². The summed E-state index contributed by atoms with van der Waals surface area (Å²) in [6.45, 7) is 13.4. The van der Waals surface area contributed by atoms with Gasteiger partial charge in [0.25, 0.3) is 0 Å². The first-order valence-corrected chi connectivity index (χ1v) is 8.11. The van der Waals surface area contributed by atoms with E-state index >= 15 is 0 Å². The van der Waals surface area contributed by atoms with Crippen molar-refractivity contribution < 1.29 is 4.74 Å². The third-order valence-corrected chi connectivity index (χ3v) is 4.99. The zero-order valence-corrected chi connectivity index (χ0v) is 13.1. The Morgan fingerprint density at radius 2 is 1.74 bits per heavy atom. The zero-order chi connectivity index (χ0) is 13.7. The SMILES string of the molecule is CC1CCC(CNCC(C)(C)N2CCOCC2)CC1. The number of rotatable bonds is 5. The molecule has 19 heavy (non-hydrogen) atoms. The molecule has 2 fully saturated rings. The highest BCUT2D eigenvalue weighted by atomic mass is 16.5. The van der Waals surface area contributed by atoms with Crippen LogP contribution in [0.4, 0.5) is 0 Å². The lowest BCUT2D eigenvalue weighted by Gasteiger charge is -2.41. The fourth-order valence-corrected chi connectivity index (χ4v) is 3.40. The lowest BCUT2D eigenvalue weighted by atomic mass is 9.83. The molecule has 1 saturated carbocycles. The van der Waals surface area contributed by atoms with Gasteiger partial charge in [-0.05, 0) is 45.1 Å². The van der Waals surface area contributed by atoms with Crippen molar-refractivity contribution in [1.82, 2.24) is 10.2 Å². The molecule has 3 nitrogen and oxygen atoms in total. The summed E-state index contributed by atoms with van der Waals surface area (Å²) in [6.07, 6.45) is 5.71. The van der Waals surface area contributed by atoms with Gasteiger partial charge in [0.05, 0.1) is 13.2 Å². The van der Waals surface area contributed by atoms with Gasteiger partial charge in [0.1, 0.15) is 0 Å². The Bertz CT molecular complexity index is 253. The minimum Gasteiger partial charge on any atom is -0.379 e. The molecule has 0 aromatic carbocycles. The Kier molecular flexibility index (Phi) is 5.67. The maximum Gasteiger partial charge on any atom is 0.0594 e. The summed E-state index contributed by atoms with van der Waals surface area (Å²) in [5, 5.41) is 3.73. The van der Waals surface area contributed by atoms with Gasteiger partial charge in [-0.1, -0.05) is 19.8 Å². The molecule has 3 heteroatoms. The second kappa shape index (κ2) is 7.05. The highest BCUT2D eigenvalue weighted by Crippen LogP contribution is 2.27. The maximum atomic E-state index is 5.44. The molecular weight excluding hydrogens is 236 g/mol. The number of nitrogens with zero attached hydrogens (tertiary/aromatic N) is 1. The van der Waals surface area contributed by atoms with Crippen LogP contribution in [0.1, 0.15) is 46.5 Å². The number of hydrogen-bond donors (Lipinski definition) is 1. The minimum absolute atomic E-state index is 0.256. The zero-order valence-electron chi connectivity index (χ0n) is 13.1. The van der Waals surface area contributed by atoms with Crippen molar-refractivity contribution >= 4 is 0 Å². The molecule has 0 radical (unpaired) electrons. The largest absolute Gasteiger partial charge is 0.379 e. The molecule has 1 aliphatic heterocycles. The molecule has 0 spiro atoms. The first-order valence-electron chi connectivity index (χ1n) is 8.11. The summed E-state index contributed by atoms with van der Waals surface area (Å²) in [5.74, 6) is 1.87. The average Bonchev–Trinajstić information content (AvgIpc) is 2.42. The topological polar surface area (TPSA) is 24.5 Å². The first kappa shape index (κ1) is 15.3. The third kappa shape index (κ3) is 4.73. The van der Waals surface area contributed by atoms with Crippen LogP contribution < -0.4 is 5.32 Å². The molecule has 1 saturated heterocycles. The van der Waals surface area contributed by atoms with E-state index in [1.165, 1.54) is 32.2 Å². The standard InChI is InChI=1S/C16H32N2O/c1-14-4-6-15(7-5-14)12-17-13-16(2,3)18-8-10-19-11-9-18/h14-15,17H,4-13H2,1-3H3. The Balaban J connectivity index is 1.66. The monoisotopic (exact) mass is 268 g/mol. The van der Waals surface area contributed by atoms with E-state index in [4.69, 9.17) is 4.74 Å². The highest BCUT2D eigenvalue weighted by molar-refractivity contribution is 4.85. The number of nitrogens with one attached hydrogen (secondary N) is 1. The molecule has 112 valence electrons. The molecule has 1 heterocycles. The van der Waals surface area contributed by atoms with Crippen LogP contribution in [0.15, 0.2) is 0 Å². The van der Waals surface area contributed by atoms with Crippen LogP contribution in [0.2, 0.25) is 0 Å². The number of ether oxygens (including phenoxy) is 1. The van der Waals surface area contributed by atoms with Crippen LogP contribution in [0.25, 0.3) is 0 Å². The van der Waals surface area contributed by atoms with Crippen molar-refractivity contribution in [2.24, 2.45) is 11.8 Å². The van der Waals surface area contributed by atoms with Crippen LogP contribution in [0.3, 0.4) is 0 Å². The molecule has 0 atom stereocenters. The lowest BCUT2D eigenvalue weighted by molar-refractivity contribution is -0.00989. The molecule has 2 aliphatic rings. The molecule has 0 aromatic heterocycles. The van der Waals surface area contributed by atoms with Crippen LogP contribution in [-0.2, 0) is 4.74 Å². The van der Waals surface area contributed by atoms with Gasteiger partial charge < -0.3 is 10.1 Å². The molecular formula is C16H32N2O. The van der Waals surface area contributed by atoms with Crippen molar-refractivity contribution in [2.45, 2.75) is 52.0 Å². The van der Waals surface area contributed by atoms with Gasteiger partial charge in [-0.3, -0.25) is 4.90 Å². The fourth-order valence-electron chi connectivity index (χ4n) is 3.40. The van der Waals surface area contributed by atoms with E-state index in [0.717, 1.165) is 44.7 Å². The molecule has 1 N–H and O–H groups in total. The summed E-state index contributed by atoms with van der Waals surface area (Å²) in [7, 11) is 0. The van der Waals surface area contributed by atoms with Gasteiger partial charge in [-0.25, -0.2) is 0 Å². The Labute approximate surface area is 119 Å². The van der Waals surface area contributed by atoms with Gasteiger partial charge in [0.2, 0.25) is 0 Å². The molecule has 0 aromatic rings.